The first kappa shape index (κ1) is 27.0. The van der Waals surface area contributed by atoms with Gasteiger partial charge in [-0.2, -0.15) is 0 Å². The fraction of sp³-hybridized carbons (Fsp3) is 0.474. The molecule has 0 radical (unpaired) electrons. The van der Waals surface area contributed by atoms with Crippen LogP contribution in [0.1, 0.15) is 93.5 Å². The normalized spacial score (nSPS) is 21.4. The summed E-state index contributed by atoms with van der Waals surface area (Å²) in [4.78, 5) is 0. The van der Waals surface area contributed by atoms with Crippen molar-refractivity contribution in [2.24, 2.45) is 23.2 Å². The predicted octanol–water partition coefficient (Wildman–Crippen LogP) is 10.8. The fourth-order valence-electron chi connectivity index (χ4n) is 7.10. The third-order valence-electron chi connectivity index (χ3n) is 9.36. The van der Waals surface area contributed by atoms with E-state index in [1.807, 2.05) is 0 Å². The zero-order chi connectivity index (χ0) is 27.0. The Labute approximate surface area is 232 Å². The van der Waals surface area contributed by atoms with E-state index >= 15 is 0 Å². The summed E-state index contributed by atoms with van der Waals surface area (Å²) in [6.07, 6.45) is 18.6. The minimum absolute atomic E-state index is 0.292. The van der Waals surface area contributed by atoms with Crippen LogP contribution in [0.25, 0.3) is 17.2 Å². The molecule has 0 nitrogen and oxygen atoms in total. The Kier molecular flexibility index (Phi) is 7.72. The van der Waals surface area contributed by atoms with Gasteiger partial charge in [0.1, 0.15) is 0 Å². The largest absolute Gasteiger partial charge is 0.0986 e. The van der Waals surface area contributed by atoms with Crippen molar-refractivity contribution in [2.75, 3.05) is 0 Å². The topological polar surface area (TPSA) is 0 Å². The highest BCUT2D eigenvalue weighted by Crippen LogP contribution is 2.44. The van der Waals surface area contributed by atoms with Crippen LogP contribution in [0, 0.1) is 37.0 Å². The van der Waals surface area contributed by atoms with Gasteiger partial charge in [0.25, 0.3) is 0 Å². The van der Waals surface area contributed by atoms with Gasteiger partial charge < -0.3 is 0 Å². The second-order valence-corrected chi connectivity index (χ2v) is 13.8. The van der Waals surface area contributed by atoms with Crippen LogP contribution in [0.4, 0.5) is 0 Å². The SMILES string of the molecule is C=C1C=CC(CC(C)(C)C)C(=C)C1CC1=Cc2cccc(-c3cc(C)cc(C)c3CCCC3CCC3)c2C1. The molecule has 0 aromatic heterocycles. The number of fused-ring (bicyclic) bond motifs is 1. The van der Waals surface area contributed by atoms with Crippen molar-refractivity contribution in [2.45, 2.75) is 92.4 Å². The molecule has 0 amide bonds. The lowest BCUT2D eigenvalue weighted by Gasteiger charge is -2.33. The van der Waals surface area contributed by atoms with Crippen LogP contribution in [0.3, 0.4) is 0 Å². The van der Waals surface area contributed by atoms with Gasteiger partial charge in [0.2, 0.25) is 0 Å². The number of rotatable bonds is 8. The molecule has 38 heavy (non-hydrogen) atoms. The molecule has 0 bridgehead atoms. The van der Waals surface area contributed by atoms with Gasteiger partial charge in [-0.15, -0.1) is 0 Å². The van der Waals surface area contributed by atoms with Gasteiger partial charge in [-0.1, -0.05) is 125 Å². The molecule has 0 heterocycles. The predicted molar refractivity (Wildman–Crippen MR) is 166 cm³/mol. The summed E-state index contributed by atoms with van der Waals surface area (Å²) in [5.41, 5.74) is 14.6. The van der Waals surface area contributed by atoms with E-state index in [0.717, 1.165) is 25.2 Å². The number of hydrogen-bond acceptors (Lipinski definition) is 0. The van der Waals surface area contributed by atoms with Crippen LogP contribution in [-0.2, 0) is 12.8 Å². The molecule has 2 aromatic rings. The van der Waals surface area contributed by atoms with Crippen molar-refractivity contribution in [1.82, 2.24) is 0 Å². The minimum Gasteiger partial charge on any atom is -0.0986 e. The molecule has 1 fully saturated rings. The third kappa shape index (κ3) is 5.85. The Morgan fingerprint density at radius 1 is 1.00 bits per heavy atom. The van der Waals surface area contributed by atoms with E-state index in [1.165, 1.54) is 88.6 Å². The maximum Gasteiger partial charge on any atom is 0.00827 e. The summed E-state index contributed by atoms with van der Waals surface area (Å²) >= 11 is 0. The third-order valence-corrected chi connectivity index (χ3v) is 9.36. The molecule has 2 aromatic carbocycles. The van der Waals surface area contributed by atoms with Crippen molar-refractivity contribution in [1.29, 1.82) is 0 Å². The van der Waals surface area contributed by atoms with Crippen molar-refractivity contribution >= 4 is 6.08 Å². The standard InChI is InChI=1S/C38H48/c1-25-19-27(3)33(15-9-13-29-11-8-12-29)37(20-25)34-16-10-14-31-21-30(23-36(31)34)22-35-26(2)17-18-32(28(35)4)24-38(5,6)7/h10,14,16-21,29,32,35H,2,4,8-9,11-13,15,22-24H2,1,3,5-7H3. The molecule has 0 aliphatic heterocycles. The summed E-state index contributed by atoms with van der Waals surface area (Å²) in [6.45, 7) is 20.6. The number of benzene rings is 2. The molecule has 3 aliphatic rings. The van der Waals surface area contributed by atoms with E-state index in [1.54, 1.807) is 5.56 Å². The van der Waals surface area contributed by atoms with Gasteiger partial charge in [0.15, 0.2) is 0 Å². The van der Waals surface area contributed by atoms with Crippen molar-refractivity contribution in [3.8, 4) is 11.1 Å². The smallest absolute Gasteiger partial charge is 0.00827 e. The molecule has 2 unspecified atom stereocenters. The van der Waals surface area contributed by atoms with Crippen LogP contribution < -0.4 is 0 Å². The van der Waals surface area contributed by atoms with Crippen molar-refractivity contribution in [3.05, 3.63) is 100 Å². The van der Waals surface area contributed by atoms with Gasteiger partial charge in [0.05, 0.1) is 0 Å². The quantitative estimate of drug-likeness (QED) is 0.314. The molecule has 5 rings (SSSR count). The number of hydrogen-bond donors (Lipinski definition) is 0. The molecule has 0 heteroatoms. The highest BCUT2D eigenvalue weighted by molar-refractivity contribution is 5.80. The highest BCUT2D eigenvalue weighted by atomic mass is 14.3. The summed E-state index contributed by atoms with van der Waals surface area (Å²) in [6, 6.07) is 11.8. The summed E-state index contributed by atoms with van der Waals surface area (Å²) in [7, 11) is 0. The first-order chi connectivity index (χ1) is 18.1. The molecule has 0 saturated heterocycles. The first-order valence-electron chi connectivity index (χ1n) is 15.1. The maximum absolute atomic E-state index is 4.61. The monoisotopic (exact) mass is 504 g/mol. The van der Waals surface area contributed by atoms with E-state index in [4.69, 9.17) is 0 Å². The summed E-state index contributed by atoms with van der Waals surface area (Å²) in [5, 5.41) is 0. The van der Waals surface area contributed by atoms with Gasteiger partial charge >= 0.3 is 0 Å². The van der Waals surface area contributed by atoms with Crippen LogP contribution in [-0.4, -0.2) is 0 Å². The lowest BCUT2D eigenvalue weighted by molar-refractivity contribution is 0.290. The Morgan fingerprint density at radius 3 is 2.50 bits per heavy atom. The van der Waals surface area contributed by atoms with Gasteiger partial charge in [-0.25, -0.2) is 0 Å². The van der Waals surface area contributed by atoms with Crippen LogP contribution in [0.15, 0.2) is 72.4 Å². The summed E-state index contributed by atoms with van der Waals surface area (Å²) in [5.74, 6) is 1.78. The number of allylic oxidation sites excluding steroid dienone is 5. The molecule has 2 atom stereocenters. The second-order valence-electron chi connectivity index (χ2n) is 13.8. The molecular weight excluding hydrogens is 456 g/mol. The first-order valence-corrected chi connectivity index (χ1v) is 15.1. The van der Waals surface area contributed by atoms with Crippen LogP contribution >= 0.6 is 0 Å². The minimum atomic E-state index is 0.292. The molecule has 200 valence electrons. The zero-order valence-electron chi connectivity index (χ0n) is 24.6. The number of aryl methyl sites for hydroxylation is 2. The van der Waals surface area contributed by atoms with Crippen molar-refractivity contribution < 1.29 is 0 Å². The van der Waals surface area contributed by atoms with E-state index < -0.39 is 0 Å². The van der Waals surface area contributed by atoms with E-state index in [0.29, 0.717) is 17.3 Å². The van der Waals surface area contributed by atoms with Crippen LogP contribution in [0.5, 0.6) is 0 Å². The Bertz CT molecular complexity index is 1280. The maximum atomic E-state index is 4.61. The lowest BCUT2D eigenvalue weighted by Crippen LogP contribution is -2.21. The van der Waals surface area contributed by atoms with E-state index in [9.17, 15) is 0 Å². The lowest BCUT2D eigenvalue weighted by atomic mass is 9.71. The Hall–Kier alpha value is -2.60. The molecule has 3 aliphatic carbocycles. The van der Waals surface area contributed by atoms with E-state index in [-0.39, 0.29) is 0 Å². The van der Waals surface area contributed by atoms with Crippen molar-refractivity contribution in [3.63, 3.8) is 0 Å². The van der Waals surface area contributed by atoms with Gasteiger partial charge in [-0.05, 0) is 102 Å². The zero-order valence-corrected chi connectivity index (χ0v) is 24.6. The molecule has 0 N–H and O–H groups in total. The molecular formula is C38H48. The fourth-order valence-corrected chi connectivity index (χ4v) is 7.10. The molecule has 1 saturated carbocycles. The van der Waals surface area contributed by atoms with Gasteiger partial charge in [0, 0.05) is 5.92 Å². The van der Waals surface area contributed by atoms with E-state index in [2.05, 4.69) is 96.3 Å². The Balaban J connectivity index is 1.37. The van der Waals surface area contributed by atoms with Gasteiger partial charge in [-0.3, -0.25) is 0 Å². The Morgan fingerprint density at radius 2 is 1.79 bits per heavy atom. The second kappa shape index (κ2) is 10.9. The highest BCUT2D eigenvalue weighted by Gasteiger charge is 2.30. The summed E-state index contributed by atoms with van der Waals surface area (Å²) < 4.78 is 0. The van der Waals surface area contributed by atoms with Crippen LogP contribution in [0.2, 0.25) is 0 Å². The molecule has 0 spiro atoms. The average Bonchev–Trinajstić information content (AvgIpc) is 3.23. The average molecular weight is 505 g/mol.